The molecule has 2 aromatic carbocycles. The number of fused-ring (bicyclic) bond motifs is 1. The van der Waals surface area contributed by atoms with Gasteiger partial charge in [-0.2, -0.15) is 0 Å². The van der Waals surface area contributed by atoms with Crippen molar-refractivity contribution in [3.05, 3.63) is 58.7 Å². The Morgan fingerprint density at radius 2 is 1.52 bits per heavy atom. The van der Waals surface area contributed by atoms with Gasteiger partial charge in [0.25, 0.3) is 5.91 Å². The first kappa shape index (κ1) is 18.8. The van der Waals surface area contributed by atoms with Crippen molar-refractivity contribution in [2.45, 2.75) is 26.8 Å². The Kier molecular flexibility index (Phi) is 5.64. The van der Waals surface area contributed by atoms with Gasteiger partial charge < -0.3 is 19.5 Å². The highest BCUT2D eigenvalue weighted by Gasteiger charge is 2.24. The lowest BCUT2D eigenvalue weighted by atomic mass is 9.98. The molecule has 1 heterocycles. The molecule has 6 nitrogen and oxygen atoms in total. The van der Waals surface area contributed by atoms with Crippen LogP contribution in [0.1, 0.15) is 45.7 Å². The minimum absolute atomic E-state index is 0.107. The quantitative estimate of drug-likeness (QED) is 0.845. The van der Waals surface area contributed by atoms with E-state index in [-0.39, 0.29) is 11.5 Å². The Morgan fingerprint density at radius 1 is 0.963 bits per heavy atom. The number of carbonyl (C=O) groups excluding carboxylic acids is 1. The Bertz CT molecular complexity index is 844. The smallest absolute Gasteiger partial charge is 0.335 e. The largest absolute Gasteiger partial charge is 0.490 e. The van der Waals surface area contributed by atoms with Gasteiger partial charge in [0.05, 0.1) is 18.8 Å². The maximum Gasteiger partial charge on any atom is 0.335 e. The molecule has 27 heavy (non-hydrogen) atoms. The van der Waals surface area contributed by atoms with Gasteiger partial charge in [0.1, 0.15) is 0 Å². The first-order valence-electron chi connectivity index (χ1n) is 9.07. The molecule has 0 saturated carbocycles. The molecule has 0 bridgehead atoms. The van der Waals surface area contributed by atoms with Crippen LogP contribution in [-0.2, 0) is 13.0 Å². The molecule has 0 fully saturated rings. The average Bonchev–Trinajstić information content (AvgIpc) is 2.68. The molecule has 0 spiro atoms. The molecule has 0 saturated heterocycles. The minimum Gasteiger partial charge on any atom is -0.490 e. The lowest BCUT2D eigenvalue weighted by Gasteiger charge is -2.30. The number of hydrogen-bond donors (Lipinski definition) is 1. The molecular weight excluding hydrogens is 346 g/mol. The summed E-state index contributed by atoms with van der Waals surface area (Å²) in [6.45, 7) is 6.05. The van der Waals surface area contributed by atoms with Gasteiger partial charge in [-0.3, -0.25) is 4.79 Å². The third-order valence-corrected chi connectivity index (χ3v) is 4.54. The highest BCUT2D eigenvalue weighted by molar-refractivity contribution is 5.96. The molecule has 1 N–H and O–H groups in total. The third-order valence-electron chi connectivity index (χ3n) is 4.54. The highest BCUT2D eigenvalue weighted by atomic mass is 16.5. The van der Waals surface area contributed by atoms with Crippen molar-refractivity contribution < 1.29 is 24.2 Å². The number of hydrogen-bond acceptors (Lipinski definition) is 4. The predicted molar refractivity (Wildman–Crippen MR) is 101 cm³/mol. The standard InChI is InChI=1S/C21H23NO5/c1-3-26-18-11-16-9-10-22(13-17(16)12-19(18)27-4-2)20(23)14-5-7-15(8-6-14)21(24)25/h5-8,11-12H,3-4,9-10,13H2,1-2H3,(H,24,25). The second-order valence-electron chi connectivity index (χ2n) is 6.29. The van der Waals surface area contributed by atoms with Gasteiger partial charge in [0, 0.05) is 18.7 Å². The monoisotopic (exact) mass is 369 g/mol. The molecule has 1 amide bonds. The van der Waals surface area contributed by atoms with Crippen LogP contribution >= 0.6 is 0 Å². The van der Waals surface area contributed by atoms with Crippen LogP contribution < -0.4 is 9.47 Å². The zero-order valence-corrected chi connectivity index (χ0v) is 15.5. The second-order valence-corrected chi connectivity index (χ2v) is 6.29. The van der Waals surface area contributed by atoms with Crippen molar-refractivity contribution in [1.82, 2.24) is 4.90 Å². The first-order chi connectivity index (χ1) is 13.0. The normalized spacial score (nSPS) is 13.0. The van der Waals surface area contributed by atoms with E-state index in [1.165, 1.54) is 12.1 Å². The molecule has 0 unspecified atom stereocenters. The van der Waals surface area contributed by atoms with E-state index in [1.807, 2.05) is 26.0 Å². The second kappa shape index (κ2) is 8.12. The number of amides is 1. The zero-order chi connectivity index (χ0) is 19.4. The number of benzene rings is 2. The van der Waals surface area contributed by atoms with Gasteiger partial charge in [0.2, 0.25) is 0 Å². The number of carboxylic acids is 1. The van der Waals surface area contributed by atoms with Crippen LogP contribution in [0.25, 0.3) is 0 Å². The number of nitrogens with zero attached hydrogens (tertiary/aromatic N) is 1. The van der Waals surface area contributed by atoms with E-state index in [2.05, 4.69) is 0 Å². The Morgan fingerprint density at radius 3 is 2.07 bits per heavy atom. The summed E-state index contributed by atoms with van der Waals surface area (Å²) in [6, 6.07) is 9.99. The number of ether oxygens (including phenoxy) is 2. The van der Waals surface area contributed by atoms with Crippen LogP contribution in [0.5, 0.6) is 11.5 Å². The van der Waals surface area contributed by atoms with Crippen LogP contribution in [0.4, 0.5) is 0 Å². The molecule has 1 aliphatic rings. The van der Waals surface area contributed by atoms with Crippen LogP contribution in [0.15, 0.2) is 36.4 Å². The summed E-state index contributed by atoms with van der Waals surface area (Å²) in [5.74, 6) is 0.319. The van der Waals surface area contributed by atoms with Crippen LogP contribution in [0.2, 0.25) is 0 Å². The molecule has 2 aromatic rings. The van der Waals surface area contributed by atoms with Crippen molar-refractivity contribution in [2.75, 3.05) is 19.8 Å². The van der Waals surface area contributed by atoms with Crippen molar-refractivity contribution in [3.8, 4) is 11.5 Å². The lowest BCUT2D eigenvalue weighted by Crippen LogP contribution is -2.36. The molecule has 142 valence electrons. The summed E-state index contributed by atoms with van der Waals surface area (Å²) < 4.78 is 11.4. The minimum atomic E-state index is -1.01. The van der Waals surface area contributed by atoms with E-state index < -0.39 is 5.97 Å². The molecule has 6 heteroatoms. The summed E-state index contributed by atoms with van der Waals surface area (Å²) in [4.78, 5) is 25.5. The fraction of sp³-hybridized carbons (Fsp3) is 0.333. The van der Waals surface area contributed by atoms with Gasteiger partial charge in [-0.1, -0.05) is 0 Å². The van der Waals surface area contributed by atoms with Gasteiger partial charge in [-0.05, 0) is 67.8 Å². The van der Waals surface area contributed by atoms with E-state index in [4.69, 9.17) is 14.6 Å². The van der Waals surface area contributed by atoms with Crippen LogP contribution in [0, 0.1) is 0 Å². The number of aromatic carboxylic acids is 1. The SMILES string of the molecule is CCOc1cc2c(cc1OCC)CN(C(=O)c1ccc(C(=O)O)cc1)CC2. The molecule has 0 radical (unpaired) electrons. The fourth-order valence-electron chi connectivity index (χ4n) is 3.21. The summed E-state index contributed by atoms with van der Waals surface area (Å²) in [6.07, 6.45) is 0.737. The van der Waals surface area contributed by atoms with Gasteiger partial charge >= 0.3 is 5.97 Å². The first-order valence-corrected chi connectivity index (χ1v) is 9.07. The number of rotatable bonds is 6. The van der Waals surface area contributed by atoms with Crippen LogP contribution in [0.3, 0.4) is 0 Å². The van der Waals surface area contributed by atoms with Crippen molar-refractivity contribution in [1.29, 1.82) is 0 Å². The maximum atomic E-state index is 12.8. The number of carbonyl (C=O) groups is 2. The maximum absolute atomic E-state index is 12.8. The van der Waals surface area contributed by atoms with E-state index in [0.717, 1.165) is 23.3 Å². The van der Waals surface area contributed by atoms with Crippen molar-refractivity contribution >= 4 is 11.9 Å². The summed E-state index contributed by atoms with van der Waals surface area (Å²) >= 11 is 0. The van der Waals surface area contributed by atoms with Crippen molar-refractivity contribution in [3.63, 3.8) is 0 Å². The number of carboxylic acid groups (broad SMARTS) is 1. The molecule has 0 atom stereocenters. The Hall–Kier alpha value is -3.02. The van der Waals surface area contributed by atoms with Crippen molar-refractivity contribution in [2.24, 2.45) is 0 Å². The third kappa shape index (κ3) is 4.05. The summed E-state index contributed by atoms with van der Waals surface area (Å²) in [5, 5.41) is 8.99. The molecule has 3 rings (SSSR count). The van der Waals surface area contributed by atoms with E-state index in [0.29, 0.717) is 37.6 Å². The molecule has 1 aliphatic heterocycles. The fourth-order valence-corrected chi connectivity index (χ4v) is 3.21. The van der Waals surface area contributed by atoms with Crippen LogP contribution in [-0.4, -0.2) is 41.6 Å². The van der Waals surface area contributed by atoms with E-state index >= 15 is 0 Å². The topological polar surface area (TPSA) is 76.1 Å². The van der Waals surface area contributed by atoms with E-state index in [1.54, 1.807) is 17.0 Å². The summed E-state index contributed by atoms with van der Waals surface area (Å²) in [7, 11) is 0. The Balaban J connectivity index is 1.81. The predicted octanol–water partition coefficient (Wildman–Crippen LogP) is 3.38. The van der Waals surface area contributed by atoms with Gasteiger partial charge in [-0.25, -0.2) is 4.79 Å². The molecule has 0 aliphatic carbocycles. The highest BCUT2D eigenvalue weighted by Crippen LogP contribution is 2.34. The van der Waals surface area contributed by atoms with Gasteiger partial charge in [0.15, 0.2) is 11.5 Å². The average molecular weight is 369 g/mol. The summed E-state index contributed by atoms with van der Waals surface area (Å²) in [5.41, 5.74) is 2.86. The van der Waals surface area contributed by atoms with Gasteiger partial charge in [-0.15, -0.1) is 0 Å². The lowest BCUT2D eigenvalue weighted by molar-refractivity contribution is 0.0692. The zero-order valence-electron chi connectivity index (χ0n) is 15.5. The Labute approximate surface area is 158 Å². The molecular formula is C21H23NO5. The van der Waals surface area contributed by atoms with E-state index in [9.17, 15) is 9.59 Å². The molecule has 0 aromatic heterocycles.